The molecule has 2 aromatic carbocycles. The van der Waals surface area contributed by atoms with Gasteiger partial charge >= 0.3 is 0 Å². The van der Waals surface area contributed by atoms with Gasteiger partial charge in [0.25, 0.3) is 0 Å². The highest BCUT2D eigenvalue weighted by Gasteiger charge is 2.22. The Kier molecular flexibility index (Phi) is 7.70. The van der Waals surface area contributed by atoms with Gasteiger partial charge in [-0.3, -0.25) is 9.69 Å². The molecular formula is C26H31FN4O3. The van der Waals surface area contributed by atoms with Crippen LogP contribution in [0.3, 0.4) is 0 Å². The number of ether oxygens (including phenoxy) is 1. The first kappa shape index (κ1) is 24.0. The summed E-state index contributed by atoms with van der Waals surface area (Å²) in [6, 6.07) is 13.1. The van der Waals surface area contributed by atoms with Gasteiger partial charge in [0.15, 0.2) is 0 Å². The molecule has 1 saturated heterocycles. The monoisotopic (exact) mass is 466 g/mol. The third-order valence-corrected chi connectivity index (χ3v) is 5.88. The number of aryl methyl sites for hydroxylation is 2. The predicted molar refractivity (Wildman–Crippen MR) is 126 cm³/mol. The molecule has 0 aliphatic carbocycles. The number of aromatic nitrogens is 2. The van der Waals surface area contributed by atoms with E-state index in [4.69, 9.17) is 9.26 Å². The Morgan fingerprint density at radius 3 is 2.53 bits per heavy atom. The lowest BCUT2D eigenvalue weighted by Gasteiger charge is -2.35. The van der Waals surface area contributed by atoms with Gasteiger partial charge in [-0.15, -0.1) is 0 Å². The van der Waals surface area contributed by atoms with Gasteiger partial charge < -0.3 is 14.6 Å². The normalized spacial score (nSPS) is 18.7. The van der Waals surface area contributed by atoms with Gasteiger partial charge in [0.2, 0.25) is 17.6 Å². The molecule has 1 fully saturated rings. The molecule has 34 heavy (non-hydrogen) atoms. The van der Waals surface area contributed by atoms with Gasteiger partial charge in [0.05, 0.1) is 12.2 Å². The Morgan fingerprint density at radius 1 is 1.12 bits per heavy atom. The summed E-state index contributed by atoms with van der Waals surface area (Å²) in [4.78, 5) is 19.0. The average Bonchev–Trinajstić information content (AvgIpc) is 3.27. The van der Waals surface area contributed by atoms with Crippen LogP contribution in [0.15, 0.2) is 47.0 Å². The summed E-state index contributed by atoms with van der Waals surface area (Å²) in [5.74, 6) is 0.251. The maximum atomic E-state index is 13.8. The molecule has 0 radical (unpaired) electrons. The predicted octanol–water partition coefficient (Wildman–Crippen LogP) is 4.04. The molecule has 4 rings (SSSR count). The van der Waals surface area contributed by atoms with E-state index >= 15 is 0 Å². The summed E-state index contributed by atoms with van der Waals surface area (Å²) in [5, 5.41) is 6.82. The fourth-order valence-corrected chi connectivity index (χ4v) is 4.15. The molecule has 2 atom stereocenters. The van der Waals surface area contributed by atoms with E-state index < -0.39 is 0 Å². The van der Waals surface area contributed by atoms with Gasteiger partial charge in [-0.1, -0.05) is 41.6 Å². The highest BCUT2D eigenvalue weighted by Crippen LogP contribution is 2.19. The number of carbonyl (C=O) groups excluding carboxylic acids is 1. The van der Waals surface area contributed by atoms with Crippen LogP contribution < -0.4 is 5.32 Å². The number of nitrogens with zero attached hydrogens (tertiary/aromatic N) is 3. The van der Waals surface area contributed by atoms with Gasteiger partial charge in [0, 0.05) is 44.6 Å². The Hall–Kier alpha value is -3.10. The number of amides is 1. The molecule has 8 heteroatoms. The standard InChI is InChI=1S/C26H31FN4O3/c1-17-4-9-22(12-23(17)27)26-29-25(34-30-26)11-10-24(32)28-13-20-5-7-21(8-6-20)16-31-14-18(2)33-19(3)15-31/h4-9,12,18-19H,10-11,13-16H2,1-3H3,(H,28,32). The summed E-state index contributed by atoms with van der Waals surface area (Å²) >= 11 is 0. The van der Waals surface area contributed by atoms with Crippen molar-refractivity contribution in [2.75, 3.05) is 13.1 Å². The second kappa shape index (κ2) is 10.9. The van der Waals surface area contributed by atoms with E-state index in [0.717, 1.165) is 25.2 Å². The largest absolute Gasteiger partial charge is 0.373 e. The maximum absolute atomic E-state index is 13.8. The third-order valence-electron chi connectivity index (χ3n) is 5.88. The molecule has 3 aromatic rings. The lowest BCUT2D eigenvalue weighted by Crippen LogP contribution is -2.44. The zero-order valence-corrected chi connectivity index (χ0v) is 19.9. The van der Waals surface area contributed by atoms with Crippen LogP contribution in [-0.4, -0.2) is 46.2 Å². The number of carbonyl (C=O) groups is 1. The average molecular weight is 467 g/mol. The Labute approximate surface area is 199 Å². The molecule has 1 amide bonds. The topological polar surface area (TPSA) is 80.5 Å². The number of hydrogen-bond donors (Lipinski definition) is 1. The summed E-state index contributed by atoms with van der Waals surface area (Å²) in [7, 11) is 0. The molecule has 0 saturated carbocycles. The minimum Gasteiger partial charge on any atom is -0.373 e. The number of halogens is 1. The fraction of sp³-hybridized carbons (Fsp3) is 0.423. The second-order valence-electron chi connectivity index (χ2n) is 9.02. The molecule has 0 spiro atoms. The zero-order chi connectivity index (χ0) is 24.1. The van der Waals surface area contributed by atoms with E-state index in [1.54, 1.807) is 19.1 Å². The van der Waals surface area contributed by atoms with E-state index in [-0.39, 0.29) is 30.4 Å². The van der Waals surface area contributed by atoms with Crippen molar-refractivity contribution in [1.29, 1.82) is 0 Å². The first-order valence-corrected chi connectivity index (χ1v) is 11.7. The molecule has 2 heterocycles. The SMILES string of the molecule is Cc1ccc(-c2noc(CCC(=O)NCc3ccc(CN4CC(C)OC(C)C4)cc3)n2)cc1F. The second-order valence-corrected chi connectivity index (χ2v) is 9.02. The summed E-state index contributed by atoms with van der Waals surface area (Å²) in [5.41, 5.74) is 3.39. The lowest BCUT2D eigenvalue weighted by atomic mass is 10.1. The first-order chi connectivity index (χ1) is 16.4. The van der Waals surface area contributed by atoms with E-state index in [1.165, 1.54) is 11.6 Å². The van der Waals surface area contributed by atoms with Crippen molar-refractivity contribution in [3.05, 3.63) is 70.9 Å². The van der Waals surface area contributed by atoms with Gasteiger partial charge in [0.1, 0.15) is 5.82 Å². The van der Waals surface area contributed by atoms with Crippen molar-refractivity contribution in [2.45, 2.75) is 58.9 Å². The molecule has 180 valence electrons. The quantitative estimate of drug-likeness (QED) is 0.540. The van der Waals surface area contributed by atoms with Crippen molar-refractivity contribution >= 4 is 5.91 Å². The highest BCUT2D eigenvalue weighted by atomic mass is 19.1. The van der Waals surface area contributed by atoms with Gasteiger partial charge in [-0.05, 0) is 43.5 Å². The van der Waals surface area contributed by atoms with Crippen molar-refractivity contribution in [1.82, 2.24) is 20.4 Å². The molecule has 0 bridgehead atoms. The number of nitrogens with one attached hydrogen (secondary N) is 1. The third kappa shape index (κ3) is 6.48. The number of hydrogen-bond acceptors (Lipinski definition) is 6. The minimum atomic E-state index is -0.318. The zero-order valence-electron chi connectivity index (χ0n) is 19.9. The number of rotatable bonds is 8. The molecule has 7 nitrogen and oxygen atoms in total. The first-order valence-electron chi connectivity index (χ1n) is 11.7. The van der Waals surface area contributed by atoms with Crippen molar-refractivity contribution in [3.8, 4) is 11.4 Å². The molecule has 1 aliphatic heterocycles. The van der Waals surface area contributed by atoms with E-state index in [1.807, 2.05) is 12.1 Å². The van der Waals surface area contributed by atoms with E-state index in [9.17, 15) is 9.18 Å². The number of morpholine rings is 1. The number of benzene rings is 2. The summed E-state index contributed by atoms with van der Waals surface area (Å²) in [6.45, 7) is 9.14. The molecule has 2 unspecified atom stereocenters. The molecular weight excluding hydrogens is 435 g/mol. The van der Waals surface area contributed by atoms with Crippen LogP contribution in [0, 0.1) is 12.7 Å². The summed E-state index contributed by atoms with van der Waals surface area (Å²) in [6.07, 6.45) is 1.06. The van der Waals surface area contributed by atoms with Crippen LogP contribution in [0.4, 0.5) is 4.39 Å². The maximum Gasteiger partial charge on any atom is 0.227 e. The van der Waals surface area contributed by atoms with Crippen LogP contribution in [0.2, 0.25) is 0 Å². The van der Waals surface area contributed by atoms with Crippen LogP contribution in [0.1, 0.15) is 42.8 Å². The smallest absolute Gasteiger partial charge is 0.227 e. The molecule has 1 N–H and O–H groups in total. The van der Waals surface area contributed by atoms with Crippen LogP contribution in [0.25, 0.3) is 11.4 Å². The van der Waals surface area contributed by atoms with Crippen LogP contribution >= 0.6 is 0 Å². The minimum absolute atomic E-state index is 0.0958. The van der Waals surface area contributed by atoms with Crippen LogP contribution in [0.5, 0.6) is 0 Å². The molecule has 1 aliphatic rings. The highest BCUT2D eigenvalue weighted by molar-refractivity contribution is 5.76. The Bertz CT molecular complexity index is 1110. The van der Waals surface area contributed by atoms with Crippen molar-refractivity contribution in [3.63, 3.8) is 0 Å². The van der Waals surface area contributed by atoms with E-state index in [2.05, 4.69) is 46.3 Å². The van der Waals surface area contributed by atoms with Crippen molar-refractivity contribution in [2.24, 2.45) is 0 Å². The molecule has 1 aromatic heterocycles. The van der Waals surface area contributed by atoms with Crippen LogP contribution in [-0.2, 0) is 29.0 Å². The lowest BCUT2D eigenvalue weighted by molar-refractivity contribution is -0.121. The van der Waals surface area contributed by atoms with Gasteiger partial charge in [-0.25, -0.2) is 4.39 Å². The Balaban J connectivity index is 1.21. The van der Waals surface area contributed by atoms with E-state index in [0.29, 0.717) is 35.8 Å². The van der Waals surface area contributed by atoms with Gasteiger partial charge in [-0.2, -0.15) is 4.98 Å². The Morgan fingerprint density at radius 2 is 1.82 bits per heavy atom. The van der Waals surface area contributed by atoms with Crippen molar-refractivity contribution < 1.29 is 18.4 Å². The fourth-order valence-electron chi connectivity index (χ4n) is 4.15. The summed E-state index contributed by atoms with van der Waals surface area (Å²) < 4.78 is 24.8.